The van der Waals surface area contributed by atoms with E-state index in [1.54, 1.807) is 5.38 Å². The molecule has 0 aliphatic carbocycles. The van der Waals surface area contributed by atoms with Gasteiger partial charge in [-0.05, 0) is 37.3 Å². The molecule has 5 nitrogen and oxygen atoms in total. The van der Waals surface area contributed by atoms with E-state index in [0.717, 1.165) is 28.5 Å². The number of nitrogens with zero attached hydrogens (tertiary/aromatic N) is 1. The van der Waals surface area contributed by atoms with Crippen LogP contribution in [-0.2, 0) is 16.0 Å². The second-order valence-corrected chi connectivity index (χ2v) is 7.44. The van der Waals surface area contributed by atoms with Crippen molar-refractivity contribution in [1.82, 2.24) is 4.98 Å². The van der Waals surface area contributed by atoms with Gasteiger partial charge in [-0.2, -0.15) is 0 Å². The molecule has 0 radical (unpaired) electrons. The summed E-state index contributed by atoms with van der Waals surface area (Å²) in [5, 5.41) is 11.9. The average molecular weight is 431 g/mol. The summed E-state index contributed by atoms with van der Waals surface area (Å²) in [5.74, 6) is -4.17. The Morgan fingerprint density at radius 1 is 1.17 bits per heavy atom. The van der Waals surface area contributed by atoms with Crippen molar-refractivity contribution in [1.29, 1.82) is 0 Å². The molecule has 1 heterocycles. The fraction of sp³-hybridized carbons (Fsp3) is 0.227. The molecule has 156 valence electrons. The summed E-state index contributed by atoms with van der Waals surface area (Å²) in [7, 11) is 0. The molecule has 30 heavy (non-hydrogen) atoms. The molecule has 2 aromatic carbocycles. The number of rotatable bonds is 9. The first-order valence-electron chi connectivity index (χ1n) is 9.24. The molecule has 0 aliphatic heterocycles. The summed E-state index contributed by atoms with van der Waals surface area (Å²) in [6.07, 6.45) is -0.478. The molecular formula is C22H19F2NO4S. The largest absolute Gasteiger partial charge is 0.494 e. The van der Waals surface area contributed by atoms with Crippen LogP contribution in [0.1, 0.15) is 30.5 Å². The zero-order chi connectivity index (χ0) is 21.7. The second kappa shape index (κ2) is 9.58. The van der Waals surface area contributed by atoms with Crippen LogP contribution < -0.4 is 4.74 Å². The van der Waals surface area contributed by atoms with Crippen LogP contribution in [0.5, 0.6) is 5.75 Å². The zero-order valence-electron chi connectivity index (χ0n) is 16.1. The zero-order valence-corrected chi connectivity index (χ0v) is 16.9. The summed E-state index contributed by atoms with van der Waals surface area (Å²) in [5.41, 5.74) is 1.17. The van der Waals surface area contributed by atoms with Crippen molar-refractivity contribution in [2.75, 3.05) is 6.61 Å². The molecule has 0 saturated carbocycles. The summed E-state index contributed by atoms with van der Waals surface area (Å²) in [6.45, 7) is 2.47. The maximum Gasteiger partial charge on any atom is 0.311 e. The van der Waals surface area contributed by atoms with Crippen LogP contribution in [-0.4, -0.2) is 28.4 Å². The molecule has 0 spiro atoms. The molecule has 0 fully saturated rings. The van der Waals surface area contributed by atoms with Crippen LogP contribution >= 0.6 is 11.3 Å². The number of hydrogen-bond acceptors (Lipinski definition) is 5. The predicted octanol–water partition coefficient (Wildman–Crippen LogP) is 4.86. The first-order chi connectivity index (χ1) is 14.4. The van der Waals surface area contributed by atoms with Gasteiger partial charge in [-0.25, -0.2) is 13.8 Å². The van der Waals surface area contributed by atoms with Crippen molar-refractivity contribution in [3.63, 3.8) is 0 Å². The van der Waals surface area contributed by atoms with Gasteiger partial charge in [0.15, 0.2) is 0 Å². The molecule has 1 aromatic heterocycles. The molecule has 3 rings (SSSR count). The third kappa shape index (κ3) is 5.27. The predicted molar refractivity (Wildman–Crippen MR) is 109 cm³/mol. The Bertz CT molecular complexity index is 1050. The number of aliphatic carboxylic acids is 1. The standard InChI is InChI=1S/C22H19F2NO4S/c1-2-29-17-6-3-13(4-7-17)21-25-15(12-30-21)10-16(26)11-19(22(27)28)18-8-5-14(23)9-20(18)24/h3-9,12,19H,2,10-11H2,1H3,(H,27,28). The van der Waals surface area contributed by atoms with Crippen molar-refractivity contribution in [2.45, 2.75) is 25.7 Å². The van der Waals surface area contributed by atoms with Crippen LogP contribution in [0.2, 0.25) is 0 Å². The first kappa shape index (κ1) is 21.6. The quantitative estimate of drug-likeness (QED) is 0.524. The lowest BCUT2D eigenvalue weighted by atomic mass is 9.92. The van der Waals surface area contributed by atoms with E-state index in [4.69, 9.17) is 4.74 Å². The molecule has 0 bridgehead atoms. The Kier molecular flexibility index (Phi) is 6.89. The summed E-state index contributed by atoms with van der Waals surface area (Å²) >= 11 is 1.37. The third-order valence-electron chi connectivity index (χ3n) is 4.41. The van der Waals surface area contributed by atoms with E-state index < -0.39 is 35.7 Å². The summed E-state index contributed by atoms with van der Waals surface area (Å²) in [6, 6.07) is 10.0. The molecule has 3 aromatic rings. The van der Waals surface area contributed by atoms with E-state index in [2.05, 4.69) is 4.98 Å². The van der Waals surface area contributed by atoms with E-state index in [1.165, 1.54) is 11.3 Å². The lowest BCUT2D eigenvalue weighted by Gasteiger charge is -2.12. The Hall–Kier alpha value is -3.13. The Morgan fingerprint density at radius 2 is 1.90 bits per heavy atom. The lowest BCUT2D eigenvalue weighted by molar-refractivity contribution is -0.140. The maximum absolute atomic E-state index is 14.0. The van der Waals surface area contributed by atoms with Crippen molar-refractivity contribution in [3.05, 3.63) is 70.7 Å². The summed E-state index contributed by atoms with van der Waals surface area (Å²) in [4.78, 5) is 28.4. The van der Waals surface area contributed by atoms with Gasteiger partial charge in [0.2, 0.25) is 0 Å². The van der Waals surface area contributed by atoms with Gasteiger partial charge < -0.3 is 9.84 Å². The van der Waals surface area contributed by atoms with Gasteiger partial charge in [0, 0.05) is 35.4 Å². The van der Waals surface area contributed by atoms with Gasteiger partial charge in [0.1, 0.15) is 28.2 Å². The van der Waals surface area contributed by atoms with Crippen LogP contribution in [0.4, 0.5) is 8.78 Å². The average Bonchev–Trinajstić information content (AvgIpc) is 3.15. The lowest BCUT2D eigenvalue weighted by Crippen LogP contribution is -2.18. The number of carboxylic acids is 1. The van der Waals surface area contributed by atoms with E-state index >= 15 is 0 Å². The van der Waals surface area contributed by atoms with Crippen molar-refractivity contribution < 1.29 is 28.2 Å². The number of carbonyl (C=O) groups is 2. The number of ether oxygens (including phenoxy) is 1. The van der Waals surface area contributed by atoms with Gasteiger partial charge in [0.05, 0.1) is 18.2 Å². The van der Waals surface area contributed by atoms with Gasteiger partial charge >= 0.3 is 5.97 Å². The molecule has 0 amide bonds. The van der Waals surface area contributed by atoms with Crippen molar-refractivity contribution in [3.8, 4) is 16.3 Å². The molecule has 0 aliphatic rings. The van der Waals surface area contributed by atoms with Crippen molar-refractivity contribution in [2.24, 2.45) is 0 Å². The molecule has 1 N–H and O–H groups in total. The van der Waals surface area contributed by atoms with Crippen LogP contribution in [0.25, 0.3) is 10.6 Å². The van der Waals surface area contributed by atoms with Gasteiger partial charge in [-0.15, -0.1) is 11.3 Å². The number of ketones is 1. The molecule has 1 unspecified atom stereocenters. The van der Waals surface area contributed by atoms with E-state index in [-0.39, 0.29) is 12.0 Å². The number of hydrogen-bond donors (Lipinski definition) is 1. The number of halogens is 2. The first-order valence-corrected chi connectivity index (χ1v) is 10.1. The fourth-order valence-electron chi connectivity index (χ4n) is 3.00. The van der Waals surface area contributed by atoms with Crippen LogP contribution in [0.15, 0.2) is 47.8 Å². The minimum absolute atomic E-state index is 0.0693. The number of carboxylic acid groups (broad SMARTS) is 1. The molecule has 1 atom stereocenters. The maximum atomic E-state index is 14.0. The highest BCUT2D eigenvalue weighted by molar-refractivity contribution is 7.13. The molecule has 8 heteroatoms. The van der Waals surface area contributed by atoms with E-state index in [1.807, 2.05) is 31.2 Å². The number of thiazole rings is 1. The van der Waals surface area contributed by atoms with E-state index in [9.17, 15) is 23.5 Å². The Morgan fingerprint density at radius 3 is 2.53 bits per heavy atom. The highest BCUT2D eigenvalue weighted by Crippen LogP contribution is 2.28. The highest BCUT2D eigenvalue weighted by atomic mass is 32.1. The normalized spacial score (nSPS) is 11.8. The van der Waals surface area contributed by atoms with Crippen LogP contribution in [0, 0.1) is 11.6 Å². The number of carbonyl (C=O) groups excluding carboxylic acids is 1. The number of benzene rings is 2. The van der Waals surface area contributed by atoms with E-state index in [0.29, 0.717) is 18.4 Å². The smallest absolute Gasteiger partial charge is 0.311 e. The van der Waals surface area contributed by atoms with Gasteiger partial charge in [0.25, 0.3) is 0 Å². The molecular weight excluding hydrogens is 412 g/mol. The minimum Gasteiger partial charge on any atom is -0.494 e. The Balaban J connectivity index is 1.69. The third-order valence-corrected chi connectivity index (χ3v) is 5.35. The number of Topliss-reactive ketones (excluding diaryl/α,β-unsaturated/α-hetero) is 1. The fourth-order valence-corrected chi connectivity index (χ4v) is 3.82. The monoisotopic (exact) mass is 431 g/mol. The second-order valence-electron chi connectivity index (χ2n) is 6.58. The van der Waals surface area contributed by atoms with Gasteiger partial charge in [-0.1, -0.05) is 6.07 Å². The topological polar surface area (TPSA) is 76.5 Å². The van der Waals surface area contributed by atoms with Gasteiger partial charge in [-0.3, -0.25) is 9.59 Å². The number of aromatic nitrogens is 1. The van der Waals surface area contributed by atoms with Crippen LogP contribution in [0.3, 0.4) is 0 Å². The van der Waals surface area contributed by atoms with Crippen molar-refractivity contribution >= 4 is 23.1 Å². The minimum atomic E-state index is -1.39. The molecule has 0 saturated heterocycles. The highest BCUT2D eigenvalue weighted by Gasteiger charge is 2.26. The Labute approximate surface area is 176 Å². The SMILES string of the molecule is CCOc1ccc(-c2nc(CC(=O)CC(C(=O)O)c3ccc(F)cc3F)cs2)cc1. The summed E-state index contributed by atoms with van der Waals surface area (Å²) < 4.78 is 32.5.